The Hall–Kier alpha value is -0.920. The van der Waals surface area contributed by atoms with Gasteiger partial charge in [0.15, 0.2) is 5.03 Å². The van der Waals surface area contributed by atoms with Gasteiger partial charge in [0.25, 0.3) is 10.0 Å². The van der Waals surface area contributed by atoms with Gasteiger partial charge in [-0.25, -0.2) is 13.1 Å². The predicted octanol–water partition coefficient (Wildman–Crippen LogP) is 1.76. The third-order valence-electron chi connectivity index (χ3n) is 3.94. The molecule has 3 N–H and O–H groups in total. The Bertz CT molecular complexity index is 578. The average Bonchev–Trinajstić information content (AvgIpc) is 2.93. The number of H-pyrrole nitrogens is 1. The molecular weight excluding hydrogens is 288 g/mol. The van der Waals surface area contributed by atoms with Crippen molar-refractivity contribution in [2.24, 2.45) is 5.41 Å². The molecule has 1 heterocycles. The highest BCUT2D eigenvalue weighted by molar-refractivity contribution is 7.89. The molecule has 1 aliphatic carbocycles. The van der Waals surface area contributed by atoms with Crippen molar-refractivity contribution in [1.29, 1.82) is 0 Å². The fourth-order valence-electron chi connectivity index (χ4n) is 2.79. The molecule has 0 bridgehead atoms. The number of sulfonamides is 1. The van der Waals surface area contributed by atoms with Gasteiger partial charge in [-0.15, -0.1) is 0 Å². The Morgan fingerprint density at radius 2 is 2.19 bits per heavy atom. The quantitative estimate of drug-likeness (QED) is 0.747. The van der Waals surface area contributed by atoms with Crippen molar-refractivity contribution in [2.75, 3.05) is 0 Å². The van der Waals surface area contributed by atoms with Crippen LogP contribution >= 0.6 is 0 Å². The first-order valence-electron chi connectivity index (χ1n) is 7.47. The van der Waals surface area contributed by atoms with Gasteiger partial charge in [-0.3, -0.25) is 5.10 Å². The minimum atomic E-state index is -3.54. The molecule has 0 saturated heterocycles. The summed E-state index contributed by atoms with van der Waals surface area (Å²) in [4.78, 5) is 0. The summed E-state index contributed by atoms with van der Waals surface area (Å²) in [5.74, 6) is 0. The first-order chi connectivity index (χ1) is 9.70. The van der Waals surface area contributed by atoms with Crippen LogP contribution < -0.4 is 10.0 Å². The summed E-state index contributed by atoms with van der Waals surface area (Å²) in [5, 5.41) is 9.91. The summed E-state index contributed by atoms with van der Waals surface area (Å²) in [7, 11) is -3.54. The maximum Gasteiger partial charge on any atom is 0.258 e. The van der Waals surface area contributed by atoms with E-state index in [1.165, 1.54) is 0 Å². The maximum atomic E-state index is 12.5. The average molecular weight is 314 g/mol. The van der Waals surface area contributed by atoms with Gasteiger partial charge in [0.1, 0.15) is 0 Å². The molecule has 6 nitrogen and oxygen atoms in total. The van der Waals surface area contributed by atoms with Crippen LogP contribution in [-0.4, -0.2) is 30.7 Å². The topological polar surface area (TPSA) is 86.9 Å². The Balaban J connectivity index is 2.08. The van der Waals surface area contributed by atoms with Crippen LogP contribution in [0.5, 0.6) is 0 Å². The van der Waals surface area contributed by atoms with Crippen molar-refractivity contribution < 1.29 is 8.42 Å². The number of nitrogens with one attached hydrogen (secondary N) is 3. The van der Waals surface area contributed by atoms with E-state index in [9.17, 15) is 8.42 Å². The minimum absolute atomic E-state index is 0.0132. The van der Waals surface area contributed by atoms with Crippen molar-refractivity contribution in [3.63, 3.8) is 0 Å². The zero-order valence-electron chi connectivity index (χ0n) is 13.2. The Labute approximate surface area is 127 Å². The maximum absolute atomic E-state index is 12.5. The van der Waals surface area contributed by atoms with E-state index in [1.54, 1.807) is 6.20 Å². The van der Waals surface area contributed by atoms with Gasteiger partial charge >= 0.3 is 0 Å². The summed E-state index contributed by atoms with van der Waals surface area (Å²) in [6.07, 6.45) is 4.38. The van der Waals surface area contributed by atoms with Gasteiger partial charge in [0.2, 0.25) is 0 Å². The molecule has 1 aliphatic rings. The monoisotopic (exact) mass is 314 g/mol. The van der Waals surface area contributed by atoms with Crippen LogP contribution in [0.2, 0.25) is 0 Å². The van der Waals surface area contributed by atoms with Gasteiger partial charge in [-0.05, 0) is 24.7 Å². The van der Waals surface area contributed by atoms with Gasteiger partial charge < -0.3 is 5.32 Å². The molecule has 1 aromatic rings. The highest BCUT2D eigenvalue weighted by Crippen LogP contribution is 2.37. The van der Waals surface area contributed by atoms with Crippen molar-refractivity contribution in [3.8, 4) is 0 Å². The summed E-state index contributed by atoms with van der Waals surface area (Å²) in [6, 6.07) is 0.304. The fraction of sp³-hybridized carbons (Fsp3) is 0.786. The SMILES string of the molecule is CC(C)NCc1cn[nH]c1S(=O)(=O)NC1CCC(C)(C)C1. The molecule has 1 fully saturated rings. The second-order valence-corrected chi connectivity index (χ2v) is 8.64. The summed E-state index contributed by atoms with van der Waals surface area (Å²) < 4.78 is 27.8. The fourth-order valence-corrected chi connectivity index (χ4v) is 4.19. The van der Waals surface area contributed by atoms with Crippen LogP contribution in [-0.2, 0) is 16.6 Å². The molecule has 1 atom stereocenters. The largest absolute Gasteiger partial charge is 0.310 e. The first kappa shape index (κ1) is 16.5. The third-order valence-corrected chi connectivity index (χ3v) is 5.47. The summed E-state index contributed by atoms with van der Waals surface area (Å²) in [6.45, 7) is 8.88. The van der Waals surface area contributed by atoms with Gasteiger partial charge in [0.05, 0.1) is 6.20 Å². The minimum Gasteiger partial charge on any atom is -0.310 e. The standard InChI is InChI=1S/C14H26N4O2S/c1-10(2)15-8-11-9-16-17-13(11)21(19,20)18-12-5-6-14(3,4)7-12/h9-10,12,15,18H,5-8H2,1-4H3,(H,16,17). The summed E-state index contributed by atoms with van der Waals surface area (Å²) >= 11 is 0. The lowest BCUT2D eigenvalue weighted by atomic mass is 9.92. The lowest BCUT2D eigenvalue weighted by molar-refractivity contribution is 0.372. The molecule has 1 aromatic heterocycles. The van der Waals surface area contributed by atoms with E-state index in [0.29, 0.717) is 18.2 Å². The number of aromatic nitrogens is 2. The molecular formula is C14H26N4O2S. The number of hydrogen-bond donors (Lipinski definition) is 3. The molecule has 1 unspecified atom stereocenters. The normalized spacial score (nSPS) is 22.0. The lowest BCUT2D eigenvalue weighted by Gasteiger charge is -2.18. The molecule has 0 amide bonds. The van der Waals surface area contributed by atoms with Crippen LogP contribution in [0.4, 0.5) is 0 Å². The predicted molar refractivity (Wildman–Crippen MR) is 82.3 cm³/mol. The first-order valence-corrected chi connectivity index (χ1v) is 8.96. The number of aromatic amines is 1. The van der Waals surface area contributed by atoms with Crippen molar-refractivity contribution >= 4 is 10.0 Å². The molecule has 0 aromatic carbocycles. The number of rotatable bonds is 6. The molecule has 2 rings (SSSR count). The van der Waals surface area contributed by atoms with Crippen LogP contribution in [0.25, 0.3) is 0 Å². The Kier molecular flexibility index (Phi) is 4.75. The molecule has 0 radical (unpaired) electrons. The van der Waals surface area contributed by atoms with Crippen LogP contribution in [0, 0.1) is 5.41 Å². The van der Waals surface area contributed by atoms with Crippen molar-refractivity contribution in [2.45, 2.75) is 70.6 Å². The second kappa shape index (κ2) is 6.06. The molecule has 7 heteroatoms. The number of hydrogen-bond acceptors (Lipinski definition) is 4. The van der Waals surface area contributed by atoms with Gasteiger partial charge in [-0.1, -0.05) is 27.7 Å². The highest BCUT2D eigenvalue weighted by Gasteiger charge is 2.34. The third kappa shape index (κ3) is 4.28. The molecule has 0 aliphatic heterocycles. The van der Waals surface area contributed by atoms with Crippen LogP contribution in [0.1, 0.15) is 52.5 Å². The van der Waals surface area contributed by atoms with Crippen molar-refractivity contribution in [3.05, 3.63) is 11.8 Å². The van der Waals surface area contributed by atoms with Crippen LogP contribution in [0.15, 0.2) is 11.2 Å². The van der Waals surface area contributed by atoms with E-state index in [2.05, 4.69) is 34.1 Å². The summed E-state index contributed by atoms with van der Waals surface area (Å²) in [5.41, 5.74) is 0.886. The number of nitrogens with zero attached hydrogens (tertiary/aromatic N) is 1. The van der Waals surface area contributed by atoms with E-state index in [1.807, 2.05) is 13.8 Å². The lowest BCUT2D eigenvalue weighted by Crippen LogP contribution is -2.34. The van der Waals surface area contributed by atoms with E-state index in [0.717, 1.165) is 19.3 Å². The van der Waals surface area contributed by atoms with E-state index in [-0.39, 0.29) is 16.5 Å². The van der Waals surface area contributed by atoms with Crippen molar-refractivity contribution in [1.82, 2.24) is 20.2 Å². The van der Waals surface area contributed by atoms with E-state index >= 15 is 0 Å². The van der Waals surface area contributed by atoms with E-state index < -0.39 is 10.0 Å². The van der Waals surface area contributed by atoms with Crippen LogP contribution in [0.3, 0.4) is 0 Å². The Morgan fingerprint density at radius 3 is 2.76 bits per heavy atom. The molecule has 120 valence electrons. The van der Waals surface area contributed by atoms with Gasteiger partial charge in [-0.2, -0.15) is 5.10 Å². The highest BCUT2D eigenvalue weighted by atomic mass is 32.2. The zero-order chi connectivity index (χ0) is 15.7. The van der Waals surface area contributed by atoms with E-state index in [4.69, 9.17) is 0 Å². The smallest absolute Gasteiger partial charge is 0.258 e. The van der Waals surface area contributed by atoms with Gasteiger partial charge in [0, 0.05) is 24.2 Å². The molecule has 1 saturated carbocycles. The molecule has 21 heavy (non-hydrogen) atoms. The second-order valence-electron chi connectivity index (χ2n) is 6.99. The Morgan fingerprint density at radius 1 is 1.48 bits per heavy atom. The molecule has 0 spiro atoms. The zero-order valence-corrected chi connectivity index (χ0v) is 14.0.